The van der Waals surface area contributed by atoms with Gasteiger partial charge >= 0.3 is 0 Å². The van der Waals surface area contributed by atoms with E-state index < -0.39 is 0 Å². The summed E-state index contributed by atoms with van der Waals surface area (Å²) >= 11 is 5.01. The minimum Gasteiger partial charge on any atom is -0.329 e. The fourth-order valence-electron chi connectivity index (χ4n) is 0.677. The summed E-state index contributed by atoms with van der Waals surface area (Å²) in [5.74, 6) is 0. The van der Waals surface area contributed by atoms with Crippen molar-refractivity contribution < 1.29 is 0 Å². The van der Waals surface area contributed by atoms with Crippen molar-refractivity contribution in [1.82, 2.24) is 0 Å². The fourth-order valence-corrected chi connectivity index (χ4v) is 2.36. The Labute approximate surface area is 84.5 Å². The molecule has 0 aliphatic rings. The first-order chi connectivity index (χ1) is 4.75. The third-order valence-corrected chi connectivity index (χ3v) is 3.24. The summed E-state index contributed by atoms with van der Waals surface area (Å²) < 4.78 is 1.07. The largest absolute Gasteiger partial charge is 0.329 e. The van der Waals surface area contributed by atoms with Gasteiger partial charge in [-0.25, -0.2) is 0 Å². The first-order valence-electron chi connectivity index (χ1n) is 2.94. The van der Waals surface area contributed by atoms with Crippen LogP contribution in [0.2, 0.25) is 0 Å². The Morgan fingerprint density at radius 1 is 1.64 bits per heavy atom. The molecule has 0 unspecified atom stereocenters. The molecule has 0 spiro atoms. The topological polar surface area (TPSA) is 52.0 Å². The molecule has 0 aromatic carbocycles. The quantitative estimate of drug-likeness (QED) is 0.850. The van der Waals surface area contributed by atoms with E-state index in [1.165, 1.54) is 0 Å². The van der Waals surface area contributed by atoms with Crippen molar-refractivity contribution in [2.75, 3.05) is 6.54 Å². The Morgan fingerprint density at radius 3 is 2.64 bits per heavy atom. The maximum Gasteiger partial charge on any atom is 0.0525 e. The molecule has 0 fully saturated rings. The third kappa shape index (κ3) is 2.72. The van der Waals surface area contributed by atoms with Crippen LogP contribution in [0.5, 0.6) is 0 Å². The molecule has 0 aliphatic heterocycles. The second-order valence-electron chi connectivity index (χ2n) is 1.97. The average molecular weight is 258 g/mol. The molecule has 4 N–H and O–H groups in total. The highest BCUT2D eigenvalue weighted by Crippen LogP contribution is 2.26. The van der Waals surface area contributed by atoms with Crippen LogP contribution >= 0.6 is 39.7 Å². The van der Waals surface area contributed by atoms with Crippen molar-refractivity contribution in [3.63, 3.8) is 0 Å². The van der Waals surface area contributed by atoms with Gasteiger partial charge < -0.3 is 11.5 Å². The van der Waals surface area contributed by atoms with Gasteiger partial charge in [-0.05, 0) is 27.4 Å². The van der Waals surface area contributed by atoms with E-state index in [1.807, 2.05) is 11.4 Å². The van der Waals surface area contributed by atoms with Gasteiger partial charge in [0.15, 0.2) is 0 Å². The minimum atomic E-state index is -0.0191. The zero-order valence-corrected chi connectivity index (χ0v) is 9.01. The van der Waals surface area contributed by atoms with E-state index >= 15 is 0 Å². The molecule has 11 heavy (non-hydrogen) atoms. The van der Waals surface area contributed by atoms with Gasteiger partial charge in [0.1, 0.15) is 0 Å². The molecule has 0 amide bonds. The van der Waals surface area contributed by atoms with Crippen LogP contribution < -0.4 is 11.5 Å². The predicted molar refractivity (Wildman–Crippen MR) is 55.2 cm³/mol. The molecule has 1 rings (SSSR count). The van der Waals surface area contributed by atoms with Gasteiger partial charge in [0.2, 0.25) is 0 Å². The van der Waals surface area contributed by atoms with E-state index in [1.54, 1.807) is 11.3 Å². The zero-order chi connectivity index (χ0) is 7.56. The molecular formula is C6H10BrClN2S. The number of nitrogens with two attached hydrogens (primary N) is 2. The van der Waals surface area contributed by atoms with Crippen molar-refractivity contribution in [2.45, 2.75) is 6.04 Å². The Morgan fingerprint density at radius 2 is 2.27 bits per heavy atom. The number of hydrogen-bond donors (Lipinski definition) is 2. The van der Waals surface area contributed by atoms with Gasteiger partial charge in [0.05, 0.1) is 6.04 Å². The fraction of sp³-hybridized carbons (Fsp3) is 0.333. The second-order valence-corrected chi connectivity index (χ2v) is 3.78. The molecule has 1 atom stereocenters. The summed E-state index contributed by atoms with van der Waals surface area (Å²) in [7, 11) is 0. The van der Waals surface area contributed by atoms with Crippen LogP contribution in [0.4, 0.5) is 0 Å². The van der Waals surface area contributed by atoms with Crippen molar-refractivity contribution in [3.8, 4) is 0 Å². The van der Waals surface area contributed by atoms with E-state index in [4.69, 9.17) is 11.5 Å². The zero-order valence-electron chi connectivity index (χ0n) is 5.79. The molecular weight excluding hydrogens is 248 g/mol. The van der Waals surface area contributed by atoms with Crippen LogP contribution in [0, 0.1) is 0 Å². The molecule has 64 valence electrons. The number of hydrogen-bond acceptors (Lipinski definition) is 3. The van der Waals surface area contributed by atoms with Gasteiger partial charge in [0.25, 0.3) is 0 Å². The highest BCUT2D eigenvalue weighted by Gasteiger charge is 2.07. The van der Waals surface area contributed by atoms with E-state index in [9.17, 15) is 0 Å². The molecule has 1 aromatic rings. The summed E-state index contributed by atoms with van der Waals surface area (Å²) in [6.45, 7) is 0.499. The highest BCUT2D eigenvalue weighted by molar-refractivity contribution is 9.10. The normalized spacial score (nSPS) is 12.3. The number of thiophene rings is 1. The Bertz CT molecular complexity index is 216. The molecule has 0 aliphatic carbocycles. The third-order valence-electron chi connectivity index (χ3n) is 1.24. The number of rotatable bonds is 2. The van der Waals surface area contributed by atoms with Crippen LogP contribution in [-0.4, -0.2) is 6.54 Å². The first-order valence-corrected chi connectivity index (χ1v) is 4.61. The Hall–Kier alpha value is 0.390. The van der Waals surface area contributed by atoms with E-state index in [0.29, 0.717) is 6.54 Å². The standard InChI is InChI=1S/C6H9BrN2S.ClH/c7-4-1-2-10-6(4)5(9)3-8;/h1-2,5H,3,8-9H2;1H/t5-;/m1./s1. The van der Waals surface area contributed by atoms with Crippen LogP contribution in [0.25, 0.3) is 0 Å². The Balaban J connectivity index is 0.000001000. The van der Waals surface area contributed by atoms with Crippen molar-refractivity contribution in [2.24, 2.45) is 11.5 Å². The lowest BCUT2D eigenvalue weighted by molar-refractivity contribution is 0.749. The molecule has 0 saturated heterocycles. The summed E-state index contributed by atoms with van der Waals surface area (Å²) in [4.78, 5) is 1.13. The SMILES string of the molecule is Cl.NC[C@@H](N)c1sccc1Br. The van der Waals surface area contributed by atoms with Crippen molar-refractivity contribution in [3.05, 3.63) is 20.8 Å². The maximum atomic E-state index is 5.69. The summed E-state index contributed by atoms with van der Waals surface area (Å²) in [6, 6.07) is 1.96. The lowest BCUT2D eigenvalue weighted by Crippen LogP contribution is -2.19. The lowest BCUT2D eigenvalue weighted by Gasteiger charge is -2.05. The van der Waals surface area contributed by atoms with Crippen molar-refractivity contribution in [1.29, 1.82) is 0 Å². The Kier molecular flexibility index (Phi) is 5.29. The van der Waals surface area contributed by atoms with E-state index in [0.717, 1.165) is 9.35 Å². The number of halogens is 2. The summed E-state index contributed by atoms with van der Waals surface area (Å²) in [5, 5.41) is 1.99. The lowest BCUT2D eigenvalue weighted by atomic mass is 10.3. The molecule has 2 nitrogen and oxygen atoms in total. The molecule has 1 heterocycles. The van der Waals surface area contributed by atoms with Crippen LogP contribution in [0.3, 0.4) is 0 Å². The first kappa shape index (κ1) is 11.4. The molecule has 0 radical (unpaired) electrons. The average Bonchev–Trinajstić information content (AvgIpc) is 2.34. The summed E-state index contributed by atoms with van der Waals surface area (Å²) in [6.07, 6.45) is 0. The highest BCUT2D eigenvalue weighted by atomic mass is 79.9. The van der Waals surface area contributed by atoms with Gasteiger partial charge in [-0.2, -0.15) is 0 Å². The van der Waals surface area contributed by atoms with Gasteiger partial charge in [0, 0.05) is 15.9 Å². The smallest absolute Gasteiger partial charge is 0.0525 e. The van der Waals surface area contributed by atoms with Crippen molar-refractivity contribution >= 4 is 39.7 Å². The van der Waals surface area contributed by atoms with Gasteiger partial charge in [-0.15, -0.1) is 23.7 Å². The predicted octanol–water partition coefficient (Wildman–Crippen LogP) is 1.89. The minimum absolute atomic E-state index is 0. The second kappa shape index (κ2) is 5.11. The molecule has 0 saturated carbocycles. The molecule has 1 aromatic heterocycles. The maximum absolute atomic E-state index is 5.69. The van der Waals surface area contributed by atoms with Crippen LogP contribution in [-0.2, 0) is 0 Å². The van der Waals surface area contributed by atoms with Gasteiger partial charge in [-0.1, -0.05) is 0 Å². The molecule has 5 heteroatoms. The van der Waals surface area contributed by atoms with Crippen LogP contribution in [0.1, 0.15) is 10.9 Å². The van der Waals surface area contributed by atoms with Gasteiger partial charge in [-0.3, -0.25) is 0 Å². The van der Waals surface area contributed by atoms with E-state index in [2.05, 4.69) is 15.9 Å². The van der Waals surface area contributed by atoms with Crippen LogP contribution in [0.15, 0.2) is 15.9 Å². The monoisotopic (exact) mass is 256 g/mol. The molecule has 0 bridgehead atoms. The summed E-state index contributed by atoms with van der Waals surface area (Å²) in [5.41, 5.74) is 11.1. The van der Waals surface area contributed by atoms with E-state index in [-0.39, 0.29) is 18.4 Å².